The van der Waals surface area contributed by atoms with Crippen LogP contribution in [0.25, 0.3) is 0 Å². The van der Waals surface area contributed by atoms with Gasteiger partial charge in [-0.15, -0.1) is 0 Å². The smallest absolute Gasteiger partial charge is 0.230 e. The van der Waals surface area contributed by atoms with Crippen molar-refractivity contribution in [1.29, 1.82) is 0 Å². The summed E-state index contributed by atoms with van der Waals surface area (Å²) in [6.07, 6.45) is 1.74. The van der Waals surface area contributed by atoms with E-state index in [1.54, 1.807) is 6.07 Å². The largest absolute Gasteiger partial charge is 0.326 e. The van der Waals surface area contributed by atoms with Gasteiger partial charge < -0.3 is 10.6 Å². The molecule has 2 N–H and O–H groups in total. The highest BCUT2D eigenvalue weighted by Gasteiger charge is 2.34. The minimum atomic E-state index is -0.280. The Bertz CT molecular complexity index is 458. The fourth-order valence-corrected chi connectivity index (χ4v) is 2.56. The molecule has 0 aliphatic carbocycles. The third-order valence-electron chi connectivity index (χ3n) is 3.43. The molecule has 1 aliphatic heterocycles. The van der Waals surface area contributed by atoms with Crippen LogP contribution in [0.3, 0.4) is 0 Å². The van der Waals surface area contributed by atoms with Gasteiger partial charge in [-0.25, -0.2) is 0 Å². The quantitative estimate of drug-likeness (QED) is 0.871. The summed E-state index contributed by atoms with van der Waals surface area (Å²) in [5.74, 6) is 0.0817. The van der Waals surface area contributed by atoms with Crippen molar-refractivity contribution in [2.24, 2.45) is 5.41 Å². The van der Waals surface area contributed by atoms with Crippen molar-refractivity contribution in [2.45, 2.75) is 19.8 Å². The second-order valence-electron chi connectivity index (χ2n) is 4.89. The molecule has 0 radical (unpaired) electrons. The molecule has 0 aromatic heterocycles. The van der Waals surface area contributed by atoms with Crippen molar-refractivity contribution in [1.82, 2.24) is 5.32 Å². The first-order valence-corrected chi connectivity index (χ1v) is 7.16. The monoisotopic (exact) mass is 330 g/mol. The van der Waals surface area contributed by atoms with Gasteiger partial charge >= 0.3 is 0 Å². The molecule has 98 valence electrons. The molecular weight excluding hydrogens is 316 g/mol. The Hall–Kier alpha value is -0.580. The molecule has 1 amide bonds. The van der Waals surface area contributed by atoms with Crippen LogP contribution in [0.2, 0.25) is 5.02 Å². The minimum absolute atomic E-state index is 0.0817. The molecule has 1 aromatic rings. The molecule has 0 spiro atoms. The first-order chi connectivity index (χ1) is 8.51. The van der Waals surface area contributed by atoms with Gasteiger partial charge in [0.2, 0.25) is 5.91 Å². The lowest BCUT2D eigenvalue weighted by atomic mass is 9.80. The second kappa shape index (κ2) is 5.59. The zero-order valence-corrected chi connectivity index (χ0v) is 12.6. The highest BCUT2D eigenvalue weighted by atomic mass is 79.9. The van der Waals surface area contributed by atoms with Gasteiger partial charge in [0.05, 0.1) is 5.02 Å². The SMILES string of the molecule is CC1(C(=O)Nc2ccc(Cl)c(Br)c2)CCNCC1. The number of halogens is 2. The van der Waals surface area contributed by atoms with Crippen molar-refractivity contribution < 1.29 is 4.79 Å². The van der Waals surface area contributed by atoms with Crippen LogP contribution in [0, 0.1) is 5.41 Å². The number of hydrogen-bond donors (Lipinski definition) is 2. The highest BCUT2D eigenvalue weighted by molar-refractivity contribution is 9.10. The normalized spacial score (nSPS) is 18.4. The van der Waals surface area contributed by atoms with Crippen molar-refractivity contribution >= 4 is 39.1 Å². The van der Waals surface area contributed by atoms with Crippen LogP contribution in [0.5, 0.6) is 0 Å². The van der Waals surface area contributed by atoms with E-state index in [1.807, 2.05) is 19.1 Å². The molecule has 3 nitrogen and oxygen atoms in total. The lowest BCUT2D eigenvalue weighted by Gasteiger charge is -2.32. The molecule has 1 heterocycles. The average Bonchev–Trinajstić information content (AvgIpc) is 2.35. The van der Waals surface area contributed by atoms with E-state index >= 15 is 0 Å². The van der Waals surface area contributed by atoms with Gasteiger partial charge in [0.15, 0.2) is 0 Å². The molecule has 0 atom stereocenters. The third-order valence-corrected chi connectivity index (χ3v) is 4.65. The zero-order chi connectivity index (χ0) is 13.2. The first-order valence-electron chi connectivity index (χ1n) is 5.98. The Morgan fingerprint density at radius 2 is 2.11 bits per heavy atom. The van der Waals surface area contributed by atoms with E-state index < -0.39 is 0 Å². The van der Waals surface area contributed by atoms with E-state index in [4.69, 9.17) is 11.6 Å². The van der Waals surface area contributed by atoms with Gasteiger partial charge in [-0.05, 0) is 60.1 Å². The Labute approximate surface area is 120 Å². The predicted octanol–water partition coefficient (Wildman–Crippen LogP) is 3.43. The molecule has 1 aromatic carbocycles. The molecule has 0 bridgehead atoms. The number of amides is 1. The maximum Gasteiger partial charge on any atom is 0.230 e. The number of carbonyl (C=O) groups excluding carboxylic acids is 1. The molecule has 1 fully saturated rings. The fourth-order valence-electron chi connectivity index (χ4n) is 2.06. The molecule has 5 heteroatoms. The van der Waals surface area contributed by atoms with E-state index in [0.29, 0.717) is 5.02 Å². The number of hydrogen-bond acceptors (Lipinski definition) is 2. The maximum atomic E-state index is 12.3. The fraction of sp³-hybridized carbons (Fsp3) is 0.462. The molecule has 1 aliphatic rings. The van der Waals surface area contributed by atoms with Gasteiger partial charge in [-0.2, -0.15) is 0 Å². The molecule has 2 rings (SSSR count). The highest BCUT2D eigenvalue weighted by Crippen LogP contribution is 2.31. The van der Waals surface area contributed by atoms with Gasteiger partial charge in [-0.1, -0.05) is 18.5 Å². The summed E-state index contributed by atoms with van der Waals surface area (Å²) in [7, 11) is 0. The first kappa shape index (κ1) is 13.8. The maximum absolute atomic E-state index is 12.3. The predicted molar refractivity (Wildman–Crippen MR) is 78.0 cm³/mol. The Balaban J connectivity index is 2.08. The third kappa shape index (κ3) is 3.05. The van der Waals surface area contributed by atoms with E-state index in [-0.39, 0.29) is 11.3 Å². The summed E-state index contributed by atoms with van der Waals surface area (Å²) < 4.78 is 0.789. The van der Waals surface area contributed by atoms with Crippen LogP contribution in [0.1, 0.15) is 19.8 Å². The van der Waals surface area contributed by atoms with Crippen molar-refractivity contribution in [2.75, 3.05) is 18.4 Å². The lowest BCUT2D eigenvalue weighted by Crippen LogP contribution is -2.42. The summed E-state index contributed by atoms with van der Waals surface area (Å²) in [4.78, 5) is 12.3. The van der Waals surface area contributed by atoms with Crippen LogP contribution in [0.4, 0.5) is 5.69 Å². The number of nitrogens with one attached hydrogen (secondary N) is 2. The molecule has 1 saturated heterocycles. The van der Waals surface area contributed by atoms with Gasteiger partial charge in [0, 0.05) is 15.6 Å². The van der Waals surface area contributed by atoms with Crippen molar-refractivity contribution in [3.63, 3.8) is 0 Å². The van der Waals surface area contributed by atoms with Crippen molar-refractivity contribution in [3.8, 4) is 0 Å². The molecule has 0 unspecified atom stereocenters. The van der Waals surface area contributed by atoms with Crippen LogP contribution < -0.4 is 10.6 Å². The van der Waals surface area contributed by atoms with Crippen LogP contribution in [-0.4, -0.2) is 19.0 Å². The number of rotatable bonds is 2. The second-order valence-corrected chi connectivity index (χ2v) is 6.16. The minimum Gasteiger partial charge on any atom is -0.326 e. The summed E-state index contributed by atoms with van der Waals surface area (Å²) in [6.45, 7) is 3.82. The van der Waals surface area contributed by atoms with Gasteiger partial charge in [-0.3, -0.25) is 4.79 Å². The van der Waals surface area contributed by atoms with E-state index in [0.717, 1.165) is 36.1 Å². The van der Waals surface area contributed by atoms with E-state index in [1.165, 1.54) is 0 Å². The molecular formula is C13H16BrClN2O. The summed E-state index contributed by atoms with van der Waals surface area (Å²) >= 11 is 9.28. The summed E-state index contributed by atoms with van der Waals surface area (Å²) in [5.41, 5.74) is 0.494. The lowest BCUT2D eigenvalue weighted by molar-refractivity contribution is -0.126. The summed E-state index contributed by atoms with van der Waals surface area (Å²) in [6, 6.07) is 5.41. The van der Waals surface area contributed by atoms with Crippen LogP contribution >= 0.6 is 27.5 Å². The standard InChI is InChI=1S/C13H16BrClN2O/c1-13(4-6-16-7-5-13)12(18)17-9-2-3-11(15)10(14)8-9/h2-3,8,16H,4-7H2,1H3,(H,17,18). The van der Waals surface area contributed by atoms with Crippen molar-refractivity contribution in [3.05, 3.63) is 27.7 Å². The Morgan fingerprint density at radius 1 is 1.44 bits per heavy atom. The Morgan fingerprint density at radius 3 is 2.72 bits per heavy atom. The van der Waals surface area contributed by atoms with Crippen LogP contribution in [-0.2, 0) is 4.79 Å². The van der Waals surface area contributed by atoms with Gasteiger partial charge in [0.1, 0.15) is 0 Å². The number of piperidine rings is 1. The topological polar surface area (TPSA) is 41.1 Å². The van der Waals surface area contributed by atoms with Gasteiger partial charge in [0.25, 0.3) is 0 Å². The van der Waals surface area contributed by atoms with E-state index in [2.05, 4.69) is 26.6 Å². The van der Waals surface area contributed by atoms with Crippen LogP contribution in [0.15, 0.2) is 22.7 Å². The number of carbonyl (C=O) groups is 1. The number of anilines is 1. The van der Waals surface area contributed by atoms with E-state index in [9.17, 15) is 4.79 Å². The number of benzene rings is 1. The molecule has 0 saturated carbocycles. The average molecular weight is 332 g/mol. The Kier molecular flexibility index (Phi) is 4.30. The molecule has 18 heavy (non-hydrogen) atoms. The summed E-state index contributed by atoms with van der Waals surface area (Å²) in [5, 5.41) is 6.88. The zero-order valence-electron chi connectivity index (χ0n) is 10.2.